The number of nitrogens with zero attached hydrogens (tertiary/aromatic N) is 3. The van der Waals surface area contributed by atoms with Gasteiger partial charge in [0.05, 0.1) is 6.61 Å². The number of likely N-dealkylation sites (tertiary alicyclic amines) is 1. The summed E-state index contributed by atoms with van der Waals surface area (Å²) in [6.07, 6.45) is 2.31. The van der Waals surface area contributed by atoms with Crippen molar-refractivity contribution in [1.29, 1.82) is 0 Å². The van der Waals surface area contributed by atoms with Crippen molar-refractivity contribution < 1.29 is 9.84 Å². The molecule has 5 heteroatoms. The number of rotatable bonds is 8. The minimum atomic E-state index is 0.272. The van der Waals surface area contributed by atoms with Crippen molar-refractivity contribution in [2.24, 2.45) is 0 Å². The van der Waals surface area contributed by atoms with Gasteiger partial charge in [-0.15, -0.1) is 0 Å². The lowest BCUT2D eigenvalue weighted by atomic mass is 10.2. The van der Waals surface area contributed by atoms with E-state index >= 15 is 0 Å². The average Bonchev–Trinajstić information content (AvgIpc) is 3.11. The summed E-state index contributed by atoms with van der Waals surface area (Å²) in [5.41, 5.74) is 1.29. The van der Waals surface area contributed by atoms with Crippen LogP contribution in [0, 0.1) is 0 Å². The van der Waals surface area contributed by atoms with E-state index in [1.54, 1.807) is 0 Å². The first-order valence-corrected chi connectivity index (χ1v) is 9.80. The topological polar surface area (TPSA) is 39.2 Å². The zero-order valence-electron chi connectivity index (χ0n) is 15.6. The van der Waals surface area contributed by atoms with Crippen molar-refractivity contribution in [3.8, 4) is 5.75 Å². The molecule has 25 heavy (non-hydrogen) atoms. The first kappa shape index (κ1) is 18.6. The van der Waals surface area contributed by atoms with Crippen LogP contribution in [0.25, 0.3) is 0 Å². The standard InChI is InChI=1S/C20H33N3O2/c1-2-21-10-12-22(13-11-21)14-15-25-20-7-5-18(6-8-20)16-23-9-3-4-19(23)17-24/h5-8,19,24H,2-4,9-17H2,1H3/t19-/m0/s1. The summed E-state index contributed by atoms with van der Waals surface area (Å²) in [5.74, 6) is 0.955. The van der Waals surface area contributed by atoms with Gasteiger partial charge in [-0.05, 0) is 43.6 Å². The van der Waals surface area contributed by atoms with Crippen LogP contribution < -0.4 is 4.74 Å². The number of ether oxygens (including phenoxy) is 1. The first-order chi connectivity index (χ1) is 12.3. The quantitative estimate of drug-likeness (QED) is 0.774. The van der Waals surface area contributed by atoms with Crippen LogP contribution in [0.2, 0.25) is 0 Å². The van der Waals surface area contributed by atoms with Crippen LogP contribution in [0.1, 0.15) is 25.3 Å². The van der Waals surface area contributed by atoms with Crippen molar-refractivity contribution in [2.75, 3.05) is 59.0 Å². The highest BCUT2D eigenvalue weighted by Gasteiger charge is 2.23. The van der Waals surface area contributed by atoms with E-state index in [0.29, 0.717) is 6.04 Å². The largest absolute Gasteiger partial charge is 0.492 e. The maximum atomic E-state index is 9.42. The molecule has 1 aromatic rings. The Morgan fingerprint density at radius 1 is 1.04 bits per heavy atom. The Kier molecular flexibility index (Phi) is 7.11. The molecule has 2 aliphatic heterocycles. The Morgan fingerprint density at radius 3 is 2.44 bits per heavy atom. The van der Waals surface area contributed by atoms with Crippen LogP contribution >= 0.6 is 0 Å². The molecule has 0 aromatic heterocycles. The number of hydrogen-bond acceptors (Lipinski definition) is 5. The van der Waals surface area contributed by atoms with Gasteiger partial charge in [0.25, 0.3) is 0 Å². The molecule has 1 N–H and O–H groups in total. The van der Waals surface area contributed by atoms with Gasteiger partial charge in [0, 0.05) is 45.3 Å². The second-order valence-electron chi connectivity index (χ2n) is 7.22. The number of likely N-dealkylation sites (N-methyl/N-ethyl adjacent to an activating group) is 1. The monoisotopic (exact) mass is 347 g/mol. The lowest BCUT2D eigenvalue weighted by Gasteiger charge is -2.33. The summed E-state index contributed by atoms with van der Waals surface area (Å²) in [6, 6.07) is 8.80. The summed E-state index contributed by atoms with van der Waals surface area (Å²) < 4.78 is 5.92. The third-order valence-electron chi connectivity index (χ3n) is 5.61. The maximum Gasteiger partial charge on any atom is 0.119 e. The van der Waals surface area contributed by atoms with Crippen LogP contribution in [-0.4, -0.2) is 84.9 Å². The molecule has 0 unspecified atom stereocenters. The highest BCUT2D eigenvalue weighted by atomic mass is 16.5. The molecule has 3 rings (SSSR count). The number of aliphatic hydroxyl groups excluding tert-OH is 1. The second kappa shape index (κ2) is 9.53. The van der Waals surface area contributed by atoms with Gasteiger partial charge in [-0.1, -0.05) is 19.1 Å². The van der Waals surface area contributed by atoms with E-state index in [1.165, 1.54) is 25.1 Å². The average molecular weight is 348 g/mol. The molecule has 1 atom stereocenters. The molecule has 2 aliphatic rings. The Morgan fingerprint density at radius 2 is 1.76 bits per heavy atom. The lowest BCUT2D eigenvalue weighted by molar-refractivity contribution is 0.121. The zero-order valence-corrected chi connectivity index (χ0v) is 15.6. The molecule has 0 amide bonds. The van der Waals surface area contributed by atoms with Crippen LogP contribution in [-0.2, 0) is 6.54 Å². The normalized spacial score (nSPS) is 23.2. The Bertz CT molecular complexity index is 500. The maximum absolute atomic E-state index is 9.42. The molecular formula is C20H33N3O2. The van der Waals surface area contributed by atoms with Crippen molar-refractivity contribution in [3.63, 3.8) is 0 Å². The highest BCUT2D eigenvalue weighted by Crippen LogP contribution is 2.21. The highest BCUT2D eigenvalue weighted by molar-refractivity contribution is 5.27. The molecule has 2 heterocycles. The fourth-order valence-electron chi connectivity index (χ4n) is 3.86. The number of aliphatic hydroxyl groups is 1. The van der Waals surface area contributed by atoms with E-state index in [0.717, 1.165) is 58.0 Å². The third-order valence-corrected chi connectivity index (χ3v) is 5.61. The molecule has 140 valence electrons. The zero-order chi connectivity index (χ0) is 17.5. The lowest BCUT2D eigenvalue weighted by Crippen LogP contribution is -2.47. The molecule has 5 nitrogen and oxygen atoms in total. The van der Waals surface area contributed by atoms with Gasteiger partial charge in [-0.2, -0.15) is 0 Å². The first-order valence-electron chi connectivity index (χ1n) is 9.80. The minimum absolute atomic E-state index is 0.272. The van der Waals surface area contributed by atoms with E-state index in [4.69, 9.17) is 4.74 Å². The molecule has 0 saturated carbocycles. The second-order valence-corrected chi connectivity index (χ2v) is 7.22. The van der Waals surface area contributed by atoms with Gasteiger partial charge in [0.1, 0.15) is 12.4 Å². The predicted molar refractivity (Wildman–Crippen MR) is 101 cm³/mol. The van der Waals surface area contributed by atoms with Crippen LogP contribution in [0.15, 0.2) is 24.3 Å². The third kappa shape index (κ3) is 5.42. The predicted octanol–water partition coefficient (Wildman–Crippen LogP) is 1.66. The summed E-state index contributed by atoms with van der Waals surface area (Å²) >= 11 is 0. The Labute approximate surface area is 152 Å². The SMILES string of the molecule is CCN1CCN(CCOc2ccc(CN3CCC[C@H]3CO)cc2)CC1. The van der Waals surface area contributed by atoms with Crippen LogP contribution in [0.5, 0.6) is 5.75 Å². The Balaban J connectivity index is 1.38. The van der Waals surface area contributed by atoms with Gasteiger partial charge in [-0.3, -0.25) is 9.80 Å². The fourth-order valence-corrected chi connectivity index (χ4v) is 3.86. The van der Waals surface area contributed by atoms with Gasteiger partial charge < -0.3 is 14.7 Å². The van der Waals surface area contributed by atoms with Crippen LogP contribution in [0.4, 0.5) is 0 Å². The van der Waals surface area contributed by atoms with Crippen molar-refractivity contribution >= 4 is 0 Å². The number of hydrogen-bond donors (Lipinski definition) is 1. The molecule has 0 aliphatic carbocycles. The Hall–Kier alpha value is -1.14. The number of benzene rings is 1. The number of piperazine rings is 1. The molecular weight excluding hydrogens is 314 g/mol. The van der Waals surface area contributed by atoms with E-state index < -0.39 is 0 Å². The van der Waals surface area contributed by atoms with Gasteiger partial charge in [-0.25, -0.2) is 0 Å². The molecule has 0 radical (unpaired) electrons. The summed E-state index contributed by atoms with van der Waals surface area (Å²) in [7, 11) is 0. The molecule has 0 spiro atoms. The van der Waals surface area contributed by atoms with E-state index in [-0.39, 0.29) is 6.61 Å². The van der Waals surface area contributed by atoms with E-state index in [2.05, 4.69) is 45.9 Å². The van der Waals surface area contributed by atoms with E-state index in [1.807, 2.05) is 0 Å². The van der Waals surface area contributed by atoms with Gasteiger partial charge in [0.15, 0.2) is 0 Å². The summed E-state index contributed by atoms with van der Waals surface area (Å²) in [5, 5.41) is 9.42. The summed E-state index contributed by atoms with van der Waals surface area (Å²) in [4.78, 5) is 7.37. The minimum Gasteiger partial charge on any atom is -0.492 e. The molecule has 2 fully saturated rings. The van der Waals surface area contributed by atoms with E-state index in [9.17, 15) is 5.11 Å². The molecule has 1 aromatic carbocycles. The molecule has 2 saturated heterocycles. The molecule has 0 bridgehead atoms. The fraction of sp³-hybridized carbons (Fsp3) is 0.700. The van der Waals surface area contributed by atoms with Gasteiger partial charge >= 0.3 is 0 Å². The van der Waals surface area contributed by atoms with Crippen molar-refractivity contribution in [2.45, 2.75) is 32.4 Å². The van der Waals surface area contributed by atoms with Crippen molar-refractivity contribution in [3.05, 3.63) is 29.8 Å². The van der Waals surface area contributed by atoms with Gasteiger partial charge in [0.2, 0.25) is 0 Å². The van der Waals surface area contributed by atoms with Crippen LogP contribution in [0.3, 0.4) is 0 Å². The summed E-state index contributed by atoms with van der Waals surface area (Å²) in [6.45, 7) is 12.1. The smallest absolute Gasteiger partial charge is 0.119 e. The van der Waals surface area contributed by atoms with Crippen molar-refractivity contribution in [1.82, 2.24) is 14.7 Å².